The Morgan fingerprint density at radius 1 is 0.632 bits per heavy atom. The Kier molecular flexibility index (Phi) is 20.3. The van der Waals surface area contributed by atoms with Gasteiger partial charge in [0.25, 0.3) is 0 Å². The van der Waals surface area contributed by atoms with Gasteiger partial charge in [-0.15, -0.1) is 0 Å². The van der Waals surface area contributed by atoms with E-state index in [9.17, 15) is 41.0 Å². The van der Waals surface area contributed by atoms with Gasteiger partial charge in [0.05, 0.1) is 0 Å². The van der Waals surface area contributed by atoms with Crippen LogP contribution in [0, 0.1) is 41.5 Å². The summed E-state index contributed by atoms with van der Waals surface area (Å²) in [6, 6.07) is 17.3. The van der Waals surface area contributed by atoms with Gasteiger partial charge in [0.15, 0.2) is 18.1 Å². The highest BCUT2D eigenvalue weighted by Crippen LogP contribution is 2.52. The van der Waals surface area contributed by atoms with Crippen molar-refractivity contribution in [1.29, 1.82) is 0 Å². The molecule has 368 valence electrons. The molecule has 0 aliphatic carbocycles. The maximum atomic E-state index is 13.2. The van der Waals surface area contributed by atoms with E-state index >= 15 is 0 Å². The first-order chi connectivity index (χ1) is 30.9. The van der Waals surface area contributed by atoms with E-state index in [-0.39, 0.29) is 46.6 Å². The van der Waals surface area contributed by atoms with Crippen LogP contribution in [0.5, 0.6) is 11.5 Å². The molecule has 0 aliphatic rings. The molecule has 68 heavy (non-hydrogen) atoms. The van der Waals surface area contributed by atoms with E-state index < -0.39 is 48.9 Å². The number of pyridine rings is 2. The van der Waals surface area contributed by atoms with Gasteiger partial charge in [-0.3, -0.25) is 9.97 Å². The van der Waals surface area contributed by atoms with E-state index in [0.29, 0.717) is 44.2 Å². The van der Waals surface area contributed by atoms with Gasteiger partial charge < -0.3 is 27.5 Å². The third-order valence-electron chi connectivity index (χ3n) is 9.48. The summed E-state index contributed by atoms with van der Waals surface area (Å²) in [4.78, 5) is 34.2. The lowest BCUT2D eigenvalue weighted by molar-refractivity contribution is -0.153. The van der Waals surface area contributed by atoms with Crippen LogP contribution in [-0.2, 0) is 32.7 Å². The van der Waals surface area contributed by atoms with Gasteiger partial charge in [-0.05, 0) is 112 Å². The summed E-state index contributed by atoms with van der Waals surface area (Å²) in [5.74, 6) is 0.174. The van der Waals surface area contributed by atoms with E-state index in [0.717, 1.165) is 16.7 Å². The first kappa shape index (κ1) is 58.2. The lowest BCUT2D eigenvalue weighted by atomic mass is 9.96. The minimum Gasteiger partial charge on any atom is -0.507 e. The molecule has 0 amide bonds. The SMILES string of the molecule is C.CP(=S)(Cl)OCC(F)(F)F.Cc1ccc(Cl)c(-c2c(O)c(C)c(-c3ccccn3)oc2=O)c1C.Cc1ccc(Cl)c(-c2c(OP(C)(=S)OCC(F)(F)F)c(C)c(-c3ccccn3)oc2=O)c1C. The summed E-state index contributed by atoms with van der Waals surface area (Å²) >= 11 is 27.6. The second-order valence-corrected chi connectivity index (χ2v) is 25.8. The monoisotopic (exact) mass is 1090 g/mol. The number of benzene rings is 2. The Balaban J connectivity index is 0.000000306. The highest BCUT2D eigenvalue weighted by atomic mass is 35.7. The van der Waals surface area contributed by atoms with Crippen LogP contribution in [0.3, 0.4) is 0 Å². The molecule has 4 heterocycles. The van der Waals surface area contributed by atoms with Gasteiger partial charge >= 0.3 is 23.6 Å². The van der Waals surface area contributed by atoms with Gasteiger partial charge in [0.2, 0.25) is 6.49 Å². The molecule has 0 fully saturated rings. The van der Waals surface area contributed by atoms with E-state index in [1.54, 1.807) is 81.6 Å². The molecule has 6 rings (SSSR count). The van der Waals surface area contributed by atoms with Crippen molar-refractivity contribution in [2.45, 2.75) is 61.3 Å². The molecule has 2 atom stereocenters. The number of halogens is 9. The predicted octanol–water partition coefficient (Wildman–Crippen LogP) is 14.9. The molecular weight excluding hydrogens is 1040 g/mol. The van der Waals surface area contributed by atoms with E-state index in [1.165, 1.54) is 19.5 Å². The normalized spacial score (nSPS) is 13.1. The van der Waals surface area contributed by atoms with E-state index in [2.05, 4.69) is 26.3 Å². The molecular formula is C45H45Cl3F6N2O8P2S2. The summed E-state index contributed by atoms with van der Waals surface area (Å²) in [6.45, 7) is 6.78. The Labute approximate surface area is 413 Å². The molecule has 2 aromatic carbocycles. The molecule has 2 unspecified atom stereocenters. The van der Waals surface area contributed by atoms with Gasteiger partial charge in [-0.25, -0.2) is 9.59 Å². The maximum absolute atomic E-state index is 13.2. The number of hydrogen-bond acceptors (Lipinski definition) is 12. The lowest BCUT2D eigenvalue weighted by Crippen LogP contribution is -2.17. The molecule has 23 heteroatoms. The fourth-order valence-electron chi connectivity index (χ4n) is 6.00. The minimum atomic E-state index is -4.59. The van der Waals surface area contributed by atoms with Crippen molar-refractivity contribution in [1.82, 2.24) is 9.97 Å². The van der Waals surface area contributed by atoms with Crippen LogP contribution >= 0.6 is 46.6 Å². The second-order valence-electron chi connectivity index (χ2n) is 14.7. The summed E-state index contributed by atoms with van der Waals surface area (Å²) in [5.41, 5.74) is 1.71. The van der Waals surface area contributed by atoms with Crippen LogP contribution < -0.4 is 15.8 Å². The van der Waals surface area contributed by atoms with Gasteiger partial charge in [0, 0.05) is 58.0 Å². The predicted molar refractivity (Wildman–Crippen MR) is 265 cm³/mol. The smallest absolute Gasteiger partial charge is 0.412 e. The fourth-order valence-corrected chi connectivity index (χ4v) is 8.65. The second kappa shape index (κ2) is 23.7. The number of hydrogen-bond donors (Lipinski definition) is 1. The number of aromatic nitrogens is 2. The largest absolute Gasteiger partial charge is 0.507 e. The quantitative estimate of drug-likeness (QED) is 0.103. The van der Waals surface area contributed by atoms with Gasteiger partial charge in [-0.2, -0.15) is 26.3 Å². The fraction of sp³-hybridized carbons (Fsp3) is 0.289. The number of nitrogens with zero attached hydrogens (tertiary/aromatic N) is 2. The Bertz CT molecular complexity index is 2970. The molecule has 0 radical (unpaired) electrons. The highest BCUT2D eigenvalue weighted by Gasteiger charge is 2.34. The van der Waals surface area contributed by atoms with Crippen molar-refractivity contribution < 1.29 is 53.9 Å². The summed E-state index contributed by atoms with van der Waals surface area (Å²) < 4.78 is 98.4. The van der Waals surface area contributed by atoms with Crippen molar-refractivity contribution in [2.24, 2.45) is 0 Å². The van der Waals surface area contributed by atoms with Crippen molar-refractivity contribution in [3.8, 4) is 56.7 Å². The molecule has 10 nitrogen and oxygen atoms in total. The summed E-state index contributed by atoms with van der Waals surface area (Å²) in [7, 11) is 0. The Morgan fingerprint density at radius 3 is 1.44 bits per heavy atom. The van der Waals surface area contributed by atoms with E-state index in [4.69, 9.17) is 64.1 Å². The molecule has 1 N–H and O–H groups in total. The zero-order valence-corrected chi connectivity index (χ0v) is 42.3. The van der Waals surface area contributed by atoms with Crippen LogP contribution in [0.2, 0.25) is 10.0 Å². The molecule has 0 spiro atoms. The van der Waals surface area contributed by atoms with Crippen LogP contribution in [0.25, 0.3) is 45.2 Å². The summed E-state index contributed by atoms with van der Waals surface area (Å²) in [5, 5.41) is 11.3. The molecule has 0 aliphatic heterocycles. The first-order valence-electron chi connectivity index (χ1n) is 19.3. The number of rotatable bonds is 10. The zero-order chi connectivity index (χ0) is 50.4. The topological polar surface area (TPSA) is 134 Å². The van der Waals surface area contributed by atoms with Crippen molar-refractivity contribution in [3.63, 3.8) is 0 Å². The van der Waals surface area contributed by atoms with Crippen LogP contribution in [0.4, 0.5) is 26.3 Å². The van der Waals surface area contributed by atoms with Crippen molar-refractivity contribution in [2.75, 3.05) is 26.5 Å². The maximum Gasteiger partial charge on any atom is 0.412 e. The Morgan fingerprint density at radius 2 is 1.04 bits per heavy atom. The minimum absolute atomic E-state index is 0. The van der Waals surface area contributed by atoms with Crippen LogP contribution in [0.15, 0.2) is 91.5 Å². The third kappa shape index (κ3) is 15.7. The average molecular weight is 1090 g/mol. The van der Waals surface area contributed by atoms with Gasteiger partial charge in [-0.1, -0.05) is 77.9 Å². The van der Waals surface area contributed by atoms with Crippen molar-refractivity contribution in [3.05, 3.63) is 137 Å². The molecule has 6 aromatic rings. The molecule has 4 aromatic heterocycles. The molecule has 0 saturated carbocycles. The first-order valence-corrected chi connectivity index (χ1v) is 27.2. The third-order valence-corrected chi connectivity index (χ3v) is 13.0. The Hall–Kier alpha value is -4.09. The molecule has 0 saturated heterocycles. The zero-order valence-electron chi connectivity index (χ0n) is 36.7. The summed E-state index contributed by atoms with van der Waals surface area (Å²) in [6.07, 6.45) is -5.82. The van der Waals surface area contributed by atoms with E-state index in [1.807, 2.05) is 26.8 Å². The number of aryl methyl sites for hydroxylation is 2. The lowest BCUT2D eigenvalue weighted by Gasteiger charge is -2.24. The van der Waals surface area contributed by atoms with Gasteiger partial charge in [0.1, 0.15) is 46.2 Å². The standard InChI is InChI=1S/C22H20ClF3NO4PS.C19H16ClNO3.C3H5ClF3OPS.CH4/c1-12-8-9-15(23)17(13(12)2)18-20(31-32(4,33)29-11-22(24,25)26)14(3)19(30-21(18)28)16-7-5-6-10-27-16;1-10-7-8-13(20)15(11(10)2)16-17(22)12(3)18(24-19(16)23)14-6-4-5-9-21-14;1-9(4,10)8-2-3(5,6)7;/h5-10H,11H2,1-4H3;4-9,22H,1-3H3;2H2,1H3;1H4. The molecule has 0 bridgehead atoms. The average Bonchev–Trinajstić information content (AvgIpc) is 3.24. The number of alkyl halides is 6. The van der Waals surface area contributed by atoms with Crippen LogP contribution in [-0.4, -0.2) is 54.0 Å². The van der Waals surface area contributed by atoms with Crippen LogP contribution in [0.1, 0.15) is 40.8 Å². The van der Waals surface area contributed by atoms with Crippen molar-refractivity contribution >= 4 is 70.2 Å². The highest BCUT2D eigenvalue weighted by molar-refractivity contribution is 8.24. The number of aromatic hydroxyl groups is 1.